The summed E-state index contributed by atoms with van der Waals surface area (Å²) in [6.07, 6.45) is 2.59. The summed E-state index contributed by atoms with van der Waals surface area (Å²) < 4.78 is 5.74. The fourth-order valence-corrected chi connectivity index (χ4v) is 2.26. The molecule has 1 aliphatic carbocycles. The van der Waals surface area contributed by atoms with E-state index in [4.69, 9.17) is 4.74 Å². The number of nitrogens with one attached hydrogen (secondary N) is 1. The van der Waals surface area contributed by atoms with E-state index in [9.17, 15) is 9.90 Å². The third-order valence-corrected chi connectivity index (χ3v) is 3.97. The Balaban J connectivity index is 1.89. The van der Waals surface area contributed by atoms with Crippen LogP contribution in [-0.4, -0.2) is 29.3 Å². The van der Waals surface area contributed by atoms with Crippen molar-refractivity contribution in [2.45, 2.75) is 57.5 Å². The zero-order valence-corrected chi connectivity index (χ0v) is 13.1. The van der Waals surface area contributed by atoms with E-state index >= 15 is 0 Å². The predicted octanol–water partition coefficient (Wildman–Crippen LogP) is 3.17. The molecule has 1 unspecified atom stereocenters. The van der Waals surface area contributed by atoms with Crippen LogP contribution in [0.3, 0.4) is 0 Å². The topological polar surface area (TPSA) is 58.6 Å². The molecule has 0 bridgehead atoms. The first-order chi connectivity index (χ1) is 9.90. The minimum absolute atomic E-state index is 0.357. The first kappa shape index (κ1) is 15.8. The zero-order valence-electron chi connectivity index (χ0n) is 13.1. The zero-order chi connectivity index (χ0) is 15.5. The van der Waals surface area contributed by atoms with Crippen LogP contribution < -0.4 is 10.1 Å². The lowest BCUT2D eigenvalue weighted by Crippen LogP contribution is -2.51. The first-order valence-corrected chi connectivity index (χ1v) is 7.64. The molecule has 1 aromatic rings. The molecule has 2 N–H and O–H groups in total. The molecule has 0 aromatic heterocycles. The Morgan fingerprint density at radius 2 is 2.19 bits per heavy atom. The number of carbonyl (C=O) groups is 1. The number of ether oxygens (including phenoxy) is 1. The first-order valence-electron chi connectivity index (χ1n) is 7.64. The van der Waals surface area contributed by atoms with Gasteiger partial charge in [0.15, 0.2) is 0 Å². The lowest BCUT2D eigenvalue weighted by molar-refractivity contribution is -0.144. The summed E-state index contributed by atoms with van der Waals surface area (Å²) in [4.78, 5) is 11.5. The maximum absolute atomic E-state index is 11.5. The fourth-order valence-electron chi connectivity index (χ4n) is 2.26. The minimum atomic E-state index is -0.906. The van der Waals surface area contributed by atoms with E-state index in [2.05, 4.69) is 25.2 Å². The van der Waals surface area contributed by atoms with Gasteiger partial charge in [0.05, 0.1) is 6.61 Å². The number of carboxylic acid groups (broad SMARTS) is 1. The summed E-state index contributed by atoms with van der Waals surface area (Å²) in [7, 11) is 0. The molecule has 0 spiro atoms. The SMILES string of the molecule is CC(C)c1cccc(OCCC(C)(NC2CC2)C(=O)O)c1. The van der Waals surface area contributed by atoms with E-state index in [1.54, 1.807) is 6.92 Å². The van der Waals surface area contributed by atoms with Crippen LogP contribution in [0.5, 0.6) is 5.75 Å². The van der Waals surface area contributed by atoms with Crippen LogP contribution in [0.15, 0.2) is 24.3 Å². The van der Waals surface area contributed by atoms with Crippen molar-refractivity contribution in [2.75, 3.05) is 6.61 Å². The maximum atomic E-state index is 11.5. The van der Waals surface area contributed by atoms with Gasteiger partial charge in [-0.25, -0.2) is 0 Å². The van der Waals surface area contributed by atoms with Crippen LogP contribution in [0.2, 0.25) is 0 Å². The van der Waals surface area contributed by atoms with Crippen molar-refractivity contribution in [3.8, 4) is 5.75 Å². The third-order valence-electron chi connectivity index (χ3n) is 3.97. The highest BCUT2D eigenvalue weighted by molar-refractivity contribution is 5.78. The van der Waals surface area contributed by atoms with Crippen molar-refractivity contribution >= 4 is 5.97 Å². The van der Waals surface area contributed by atoms with E-state index in [1.165, 1.54) is 5.56 Å². The van der Waals surface area contributed by atoms with Crippen LogP contribution >= 0.6 is 0 Å². The highest BCUT2D eigenvalue weighted by atomic mass is 16.5. The van der Waals surface area contributed by atoms with Crippen LogP contribution in [0.4, 0.5) is 0 Å². The predicted molar refractivity (Wildman–Crippen MR) is 82.8 cm³/mol. The minimum Gasteiger partial charge on any atom is -0.493 e. The maximum Gasteiger partial charge on any atom is 0.323 e. The Morgan fingerprint density at radius 1 is 1.48 bits per heavy atom. The molecule has 0 amide bonds. The van der Waals surface area contributed by atoms with Gasteiger partial charge in [-0.1, -0.05) is 26.0 Å². The van der Waals surface area contributed by atoms with Crippen molar-refractivity contribution in [1.29, 1.82) is 0 Å². The highest BCUT2D eigenvalue weighted by Crippen LogP contribution is 2.25. The van der Waals surface area contributed by atoms with Crippen molar-refractivity contribution in [2.24, 2.45) is 0 Å². The molecule has 2 rings (SSSR count). The molecule has 116 valence electrons. The quantitative estimate of drug-likeness (QED) is 0.772. The average Bonchev–Trinajstić information content (AvgIpc) is 3.22. The molecular formula is C17H25NO3. The molecule has 1 saturated carbocycles. The smallest absolute Gasteiger partial charge is 0.323 e. The van der Waals surface area contributed by atoms with Crippen LogP contribution in [0.1, 0.15) is 51.5 Å². The standard InChI is InChI=1S/C17H25NO3/c1-12(2)13-5-4-6-15(11-13)21-10-9-17(3,16(19)20)18-14-7-8-14/h4-6,11-12,14,18H,7-10H2,1-3H3,(H,19,20). The number of carboxylic acids is 1. The number of benzene rings is 1. The van der Waals surface area contributed by atoms with E-state index < -0.39 is 11.5 Å². The van der Waals surface area contributed by atoms with Crippen LogP contribution in [0.25, 0.3) is 0 Å². The second-order valence-corrected chi connectivity index (χ2v) is 6.38. The molecule has 0 radical (unpaired) electrons. The monoisotopic (exact) mass is 291 g/mol. The molecule has 21 heavy (non-hydrogen) atoms. The van der Waals surface area contributed by atoms with Crippen molar-refractivity contribution in [3.05, 3.63) is 29.8 Å². The van der Waals surface area contributed by atoms with Gasteiger partial charge in [0.1, 0.15) is 11.3 Å². The molecule has 0 heterocycles. The summed E-state index contributed by atoms with van der Waals surface area (Å²) in [5.74, 6) is 0.448. The van der Waals surface area contributed by atoms with Gasteiger partial charge in [-0.05, 0) is 43.4 Å². The number of rotatable bonds is 8. The lowest BCUT2D eigenvalue weighted by atomic mass is 9.98. The van der Waals surface area contributed by atoms with E-state index in [1.807, 2.05) is 18.2 Å². The lowest BCUT2D eigenvalue weighted by Gasteiger charge is -2.26. The van der Waals surface area contributed by atoms with Crippen LogP contribution in [-0.2, 0) is 4.79 Å². The van der Waals surface area contributed by atoms with E-state index in [-0.39, 0.29) is 0 Å². The van der Waals surface area contributed by atoms with Crippen molar-refractivity contribution in [3.63, 3.8) is 0 Å². The number of hydrogen-bond donors (Lipinski definition) is 2. The normalized spacial score (nSPS) is 17.5. The summed E-state index contributed by atoms with van der Waals surface area (Å²) in [6, 6.07) is 8.35. The molecule has 0 aliphatic heterocycles. The summed E-state index contributed by atoms with van der Waals surface area (Å²) in [6.45, 7) is 6.41. The van der Waals surface area contributed by atoms with Crippen molar-refractivity contribution < 1.29 is 14.6 Å². The Morgan fingerprint density at radius 3 is 2.76 bits per heavy atom. The molecule has 1 aromatic carbocycles. The van der Waals surface area contributed by atoms with Gasteiger partial charge in [0, 0.05) is 12.5 Å². The number of hydrogen-bond acceptors (Lipinski definition) is 3. The number of aliphatic carboxylic acids is 1. The van der Waals surface area contributed by atoms with Gasteiger partial charge in [-0.2, -0.15) is 0 Å². The molecule has 0 saturated heterocycles. The molecule has 1 fully saturated rings. The van der Waals surface area contributed by atoms with Gasteiger partial charge in [0.2, 0.25) is 0 Å². The average molecular weight is 291 g/mol. The largest absolute Gasteiger partial charge is 0.493 e. The Hall–Kier alpha value is -1.55. The second kappa shape index (κ2) is 6.48. The molecule has 1 aliphatic rings. The van der Waals surface area contributed by atoms with Crippen molar-refractivity contribution in [1.82, 2.24) is 5.32 Å². The fraction of sp³-hybridized carbons (Fsp3) is 0.588. The third kappa shape index (κ3) is 4.46. The van der Waals surface area contributed by atoms with Gasteiger partial charge < -0.3 is 9.84 Å². The van der Waals surface area contributed by atoms with Gasteiger partial charge in [0.25, 0.3) is 0 Å². The Kier molecular flexibility index (Phi) is 4.88. The van der Waals surface area contributed by atoms with Gasteiger partial charge in [-0.15, -0.1) is 0 Å². The van der Waals surface area contributed by atoms with Gasteiger partial charge in [-0.3, -0.25) is 10.1 Å². The van der Waals surface area contributed by atoms with E-state index in [0.29, 0.717) is 25.0 Å². The summed E-state index contributed by atoms with van der Waals surface area (Å²) >= 11 is 0. The Labute approximate surface area is 126 Å². The molecule has 1 atom stereocenters. The summed E-state index contributed by atoms with van der Waals surface area (Å²) in [5.41, 5.74) is 0.321. The van der Waals surface area contributed by atoms with Gasteiger partial charge >= 0.3 is 5.97 Å². The van der Waals surface area contributed by atoms with Crippen LogP contribution in [0, 0.1) is 0 Å². The summed E-state index contributed by atoms with van der Waals surface area (Å²) in [5, 5.41) is 12.6. The van der Waals surface area contributed by atoms with E-state index in [0.717, 1.165) is 18.6 Å². The molecule has 4 nitrogen and oxygen atoms in total. The molecule has 4 heteroatoms. The molecular weight excluding hydrogens is 266 g/mol. The Bertz CT molecular complexity index is 497. The second-order valence-electron chi connectivity index (χ2n) is 6.38. The highest BCUT2D eigenvalue weighted by Gasteiger charge is 2.38.